The van der Waals surface area contributed by atoms with Gasteiger partial charge in [-0.25, -0.2) is 8.78 Å². The zero-order chi connectivity index (χ0) is 18.8. The fraction of sp³-hybridized carbons (Fsp3) is 0.381. The third-order valence-electron chi connectivity index (χ3n) is 5.45. The van der Waals surface area contributed by atoms with Gasteiger partial charge in [0.05, 0.1) is 18.8 Å². The van der Waals surface area contributed by atoms with E-state index < -0.39 is 5.82 Å². The summed E-state index contributed by atoms with van der Waals surface area (Å²) in [5.74, 6) is -0.896. The van der Waals surface area contributed by atoms with Gasteiger partial charge in [0.2, 0.25) is 0 Å². The fourth-order valence-electron chi connectivity index (χ4n) is 4.10. The summed E-state index contributed by atoms with van der Waals surface area (Å²) in [5, 5.41) is 0. The van der Waals surface area contributed by atoms with E-state index in [1.165, 1.54) is 24.3 Å². The van der Waals surface area contributed by atoms with Crippen LogP contribution in [0.5, 0.6) is 0 Å². The Morgan fingerprint density at radius 3 is 2.59 bits per heavy atom. The van der Waals surface area contributed by atoms with Crippen LogP contribution < -0.4 is 4.90 Å². The van der Waals surface area contributed by atoms with E-state index in [-0.39, 0.29) is 29.2 Å². The first-order chi connectivity index (χ1) is 13.1. The standard InChI is InChI=1S/C21H22F2N2O2/c22-16-5-7-17(8-6-16)25-11-12-27-14-15-13-24(10-9-20(15)25)21(26)18-3-1-2-4-19(18)23/h1-8,15,20H,9-14H2/t15-,20+/m1/s1. The molecule has 0 aliphatic carbocycles. The Hall–Kier alpha value is -2.47. The number of amides is 1. The predicted molar refractivity (Wildman–Crippen MR) is 98.8 cm³/mol. The summed E-state index contributed by atoms with van der Waals surface area (Å²) in [6.07, 6.45) is 0.769. The molecule has 0 saturated carbocycles. The highest BCUT2D eigenvalue weighted by atomic mass is 19.1. The second-order valence-corrected chi connectivity index (χ2v) is 7.09. The number of likely N-dealkylation sites (tertiary alicyclic amines) is 1. The van der Waals surface area contributed by atoms with E-state index in [0.717, 1.165) is 18.7 Å². The van der Waals surface area contributed by atoms with Crippen LogP contribution in [0, 0.1) is 17.6 Å². The van der Waals surface area contributed by atoms with Gasteiger partial charge in [0.1, 0.15) is 11.6 Å². The van der Waals surface area contributed by atoms with E-state index in [0.29, 0.717) is 26.3 Å². The van der Waals surface area contributed by atoms with Gasteiger partial charge in [-0.15, -0.1) is 0 Å². The quantitative estimate of drug-likeness (QED) is 0.811. The number of nitrogens with zero attached hydrogens (tertiary/aromatic N) is 2. The molecule has 0 aromatic heterocycles. The summed E-state index contributed by atoms with van der Waals surface area (Å²) in [5.41, 5.74) is 1.08. The number of hydrogen-bond donors (Lipinski definition) is 0. The lowest BCUT2D eigenvalue weighted by atomic mass is 9.90. The lowest BCUT2D eigenvalue weighted by Gasteiger charge is -2.43. The SMILES string of the molecule is O=C(c1ccccc1F)N1CC[C@H]2[C@@H](COCCN2c2ccc(F)cc2)C1. The third-order valence-corrected chi connectivity index (χ3v) is 5.45. The number of hydrogen-bond acceptors (Lipinski definition) is 3. The van der Waals surface area contributed by atoms with Gasteiger partial charge in [0.25, 0.3) is 5.91 Å². The van der Waals surface area contributed by atoms with Crippen molar-refractivity contribution in [1.29, 1.82) is 0 Å². The first kappa shape index (κ1) is 17.9. The van der Waals surface area contributed by atoms with Gasteiger partial charge >= 0.3 is 0 Å². The molecular weight excluding hydrogens is 350 g/mol. The van der Waals surface area contributed by atoms with Gasteiger partial charge < -0.3 is 14.5 Å². The van der Waals surface area contributed by atoms with E-state index in [1.807, 2.05) is 0 Å². The maximum atomic E-state index is 14.0. The van der Waals surface area contributed by atoms with Gasteiger partial charge in [-0.3, -0.25) is 4.79 Å². The molecule has 2 atom stereocenters. The van der Waals surface area contributed by atoms with Crippen LogP contribution in [-0.4, -0.2) is 49.7 Å². The van der Waals surface area contributed by atoms with Crippen molar-refractivity contribution in [2.75, 3.05) is 37.7 Å². The highest BCUT2D eigenvalue weighted by Crippen LogP contribution is 2.30. The molecule has 27 heavy (non-hydrogen) atoms. The van der Waals surface area contributed by atoms with Crippen molar-refractivity contribution in [3.8, 4) is 0 Å². The van der Waals surface area contributed by atoms with E-state index in [1.54, 1.807) is 29.2 Å². The maximum absolute atomic E-state index is 14.0. The minimum absolute atomic E-state index is 0.112. The van der Waals surface area contributed by atoms with Crippen molar-refractivity contribution in [2.45, 2.75) is 12.5 Å². The van der Waals surface area contributed by atoms with E-state index >= 15 is 0 Å². The molecule has 2 aliphatic rings. The minimum Gasteiger partial charge on any atom is -0.379 e. The van der Waals surface area contributed by atoms with Crippen LogP contribution in [0.3, 0.4) is 0 Å². The number of carbonyl (C=O) groups is 1. The Balaban J connectivity index is 1.53. The molecule has 0 radical (unpaired) electrons. The summed E-state index contributed by atoms with van der Waals surface area (Å²) in [7, 11) is 0. The average Bonchev–Trinajstić information content (AvgIpc) is 2.90. The number of anilines is 1. The average molecular weight is 372 g/mol. The van der Waals surface area contributed by atoms with Crippen molar-refractivity contribution >= 4 is 11.6 Å². The molecule has 6 heteroatoms. The summed E-state index contributed by atoms with van der Waals surface area (Å²) in [4.78, 5) is 16.7. The van der Waals surface area contributed by atoms with Gasteiger partial charge in [-0.2, -0.15) is 0 Å². The molecule has 2 heterocycles. The van der Waals surface area contributed by atoms with Crippen LogP contribution in [0.2, 0.25) is 0 Å². The van der Waals surface area contributed by atoms with E-state index in [4.69, 9.17) is 4.74 Å². The molecule has 0 spiro atoms. The monoisotopic (exact) mass is 372 g/mol. The molecule has 142 valence electrons. The molecule has 4 rings (SSSR count). The normalized spacial score (nSPS) is 22.9. The molecule has 2 fully saturated rings. The fourth-order valence-corrected chi connectivity index (χ4v) is 4.10. The van der Waals surface area contributed by atoms with Crippen LogP contribution in [0.4, 0.5) is 14.5 Å². The molecule has 2 aliphatic heterocycles. The Morgan fingerprint density at radius 2 is 1.81 bits per heavy atom. The molecule has 0 bridgehead atoms. The number of piperidine rings is 1. The lowest BCUT2D eigenvalue weighted by Crippen LogP contribution is -2.53. The molecule has 2 aromatic carbocycles. The van der Waals surface area contributed by atoms with E-state index in [9.17, 15) is 13.6 Å². The second kappa shape index (κ2) is 7.64. The first-order valence-electron chi connectivity index (χ1n) is 9.27. The number of rotatable bonds is 2. The Morgan fingerprint density at radius 1 is 1.04 bits per heavy atom. The summed E-state index contributed by atoms with van der Waals surface area (Å²) in [6, 6.07) is 12.8. The Bertz CT molecular complexity index is 812. The lowest BCUT2D eigenvalue weighted by molar-refractivity contribution is 0.0517. The van der Waals surface area contributed by atoms with Crippen LogP contribution in [-0.2, 0) is 4.74 Å². The maximum Gasteiger partial charge on any atom is 0.256 e. The molecule has 2 saturated heterocycles. The van der Waals surface area contributed by atoms with Crippen molar-refractivity contribution in [1.82, 2.24) is 4.90 Å². The molecule has 2 aromatic rings. The number of fused-ring (bicyclic) bond motifs is 1. The number of carbonyl (C=O) groups excluding carboxylic acids is 1. The molecular formula is C21H22F2N2O2. The minimum atomic E-state index is -0.491. The van der Waals surface area contributed by atoms with Crippen molar-refractivity contribution in [3.63, 3.8) is 0 Å². The van der Waals surface area contributed by atoms with Gasteiger partial charge in [-0.1, -0.05) is 12.1 Å². The number of halogens is 2. The van der Waals surface area contributed by atoms with Gasteiger partial charge in [0, 0.05) is 37.3 Å². The Labute approximate surface area is 157 Å². The predicted octanol–water partition coefficient (Wildman–Crippen LogP) is 3.33. The summed E-state index contributed by atoms with van der Waals surface area (Å²) < 4.78 is 33.1. The highest BCUT2D eigenvalue weighted by Gasteiger charge is 2.37. The van der Waals surface area contributed by atoms with Gasteiger partial charge in [0.15, 0.2) is 0 Å². The van der Waals surface area contributed by atoms with Crippen LogP contribution in [0.25, 0.3) is 0 Å². The van der Waals surface area contributed by atoms with Crippen LogP contribution in [0.1, 0.15) is 16.8 Å². The largest absolute Gasteiger partial charge is 0.379 e. The zero-order valence-corrected chi connectivity index (χ0v) is 15.0. The highest BCUT2D eigenvalue weighted by molar-refractivity contribution is 5.94. The Kier molecular flexibility index (Phi) is 5.07. The second-order valence-electron chi connectivity index (χ2n) is 7.09. The smallest absolute Gasteiger partial charge is 0.256 e. The zero-order valence-electron chi connectivity index (χ0n) is 15.0. The van der Waals surface area contributed by atoms with Crippen molar-refractivity contribution in [2.24, 2.45) is 5.92 Å². The third kappa shape index (κ3) is 3.67. The molecule has 0 unspecified atom stereocenters. The van der Waals surface area contributed by atoms with Gasteiger partial charge in [-0.05, 0) is 42.8 Å². The van der Waals surface area contributed by atoms with E-state index in [2.05, 4.69) is 4.90 Å². The molecule has 1 amide bonds. The molecule has 0 N–H and O–H groups in total. The molecule has 4 nitrogen and oxygen atoms in total. The van der Waals surface area contributed by atoms with Crippen molar-refractivity contribution < 1.29 is 18.3 Å². The first-order valence-corrected chi connectivity index (χ1v) is 9.27. The summed E-state index contributed by atoms with van der Waals surface area (Å²) in [6.45, 7) is 2.96. The van der Waals surface area contributed by atoms with Crippen LogP contribution in [0.15, 0.2) is 48.5 Å². The van der Waals surface area contributed by atoms with Crippen molar-refractivity contribution in [3.05, 3.63) is 65.7 Å². The summed E-state index contributed by atoms with van der Waals surface area (Å²) >= 11 is 0. The van der Waals surface area contributed by atoms with Crippen LogP contribution >= 0.6 is 0 Å². The topological polar surface area (TPSA) is 32.8 Å². The number of ether oxygens (including phenoxy) is 1. The number of benzene rings is 2.